The number of sulfone groups is 1. The Morgan fingerprint density at radius 3 is 2.82 bits per heavy atom. The van der Waals surface area contributed by atoms with E-state index in [4.69, 9.17) is 9.25 Å². The number of oxime groups is 1. The number of oxazole rings is 1. The van der Waals surface area contributed by atoms with Crippen molar-refractivity contribution in [2.24, 2.45) is 11.1 Å². The van der Waals surface area contributed by atoms with E-state index in [1.54, 1.807) is 0 Å². The minimum Gasteiger partial charge on any atom is -0.427 e. The lowest BCUT2D eigenvalue weighted by atomic mass is 10.4. The van der Waals surface area contributed by atoms with E-state index in [1.165, 1.54) is 0 Å². The topological polar surface area (TPSA) is 81.8 Å². The van der Waals surface area contributed by atoms with Gasteiger partial charge in [-0.1, -0.05) is 5.16 Å². The average Bonchev–Trinajstić information content (AvgIpc) is 3.16. The first-order valence-electron chi connectivity index (χ1n) is 6.42. The molecular formula is C12H13F3N2O4S. The smallest absolute Gasteiger partial charge is 0.315 e. The van der Waals surface area contributed by atoms with E-state index in [2.05, 4.69) is 10.1 Å². The molecule has 0 bridgehead atoms. The van der Waals surface area contributed by atoms with Crippen LogP contribution in [0.3, 0.4) is 0 Å². The van der Waals surface area contributed by atoms with E-state index in [0.717, 1.165) is 25.3 Å². The van der Waals surface area contributed by atoms with Crippen LogP contribution in [-0.2, 0) is 14.7 Å². The highest BCUT2D eigenvalue weighted by molar-refractivity contribution is 7.91. The lowest BCUT2D eigenvalue weighted by molar-refractivity contribution is 0.135. The summed E-state index contributed by atoms with van der Waals surface area (Å²) in [4.78, 5) is 8.46. The highest BCUT2D eigenvalue weighted by atomic mass is 32.2. The minimum absolute atomic E-state index is 0.0297. The van der Waals surface area contributed by atoms with Crippen LogP contribution in [0.25, 0.3) is 0 Å². The summed E-state index contributed by atoms with van der Waals surface area (Å²) in [6, 6.07) is 0. The highest BCUT2D eigenvalue weighted by Crippen LogP contribution is 2.28. The van der Waals surface area contributed by atoms with Crippen molar-refractivity contribution in [2.45, 2.75) is 24.5 Å². The van der Waals surface area contributed by atoms with Crippen LogP contribution in [0.1, 0.15) is 25.0 Å². The molecule has 6 nitrogen and oxygen atoms in total. The molecule has 0 N–H and O–H groups in total. The molecule has 0 spiro atoms. The van der Waals surface area contributed by atoms with E-state index < -0.39 is 39.1 Å². The molecule has 1 aromatic rings. The van der Waals surface area contributed by atoms with Crippen LogP contribution in [0.15, 0.2) is 32.9 Å². The van der Waals surface area contributed by atoms with Crippen molar-refractivity contribution >= 4 is 16.1 Å². The molecule has 1 aliphatic carbocycles. The van der Waals surface area contributed by atoms with Crippen LogP contribution < -0.4 is 0 Å². The second-order valence-corrected chi connectivity index (χ2v) is 6.72. The molecule has 22 heavy (non-hydrogen) atoms. The van der Waals surface area contributed by atoms with Crippen molar-refractivity contribution in [1.29, 1.82) is 0 Å². The zero-order chi connectivity index (χ0) is 16.2. The molecule has 2 rings (SSSR count). The molecular weight excluding hydrogens is 325 g/mol. The highest BCUT2D eigenvalue weighted by Gasteiger charge is 2.23. The zero-order valence-electron chi connectivity index (χ0n) is 11.3. The van der Waals surface area contributed by atoms with Gasteiger partial charge in [-0.05, 0) is 18.8 Å². The molecule has 0 radical (unpaired) electrons. The van der Waals surface area contributed by atoms with Crippen LogP contribution in [0, 0.1) is 5.92 Å². The number of hydrogen-bond acceptors (Lipinski definition) is 6. The van der Waals surface area contributed by atoms with Gasteiger partial charge in [-0.15, -0.1) is 0 Å². The van der Waals surface area contributed by atoms with Crippen molar-refractivity contribution in [3.05, 3.63) is 23.9 Å². The number of rotatable bonds is 8. The summed E-state index contributed by atoms with van der Waals surface area (Å²) in [5, 5.41) is 2.92. The van der Waals surface area contributed by atoms with Gasteiger partial charge in [0.1, 0.15) is 12.8 Å². The van der Waals surface area contributed by atoms with Crippen molar-refractivity contribution in [1.82, 2.24) is 4.98 Å². The Morgan fingerprint density at radius 2 is 2.18 bits per heavy atom. The predicted octanol–water partition coefficient (Wildman–Crippen LogP) is 2.68. The molecule has 10 heteroatoms. The van der Waals surface area contributed by atoms with Crippen LogP contribution in [0.5, 0.6) is 0 Å². The molecule has 0 aliphatic heterocycles. The van der Waals surface area contributed by atoms with Crippen molar-refractivity contribution in [3.63, 3.8) is 0 Å². The second kappa shape index (κ2) is 6.95. The number of hydrogen-bond donors (Lipinski definition) is 0. The first-order chi connectivity index (χ1) is 10.4. The zero-order valence-corrected chi connectivity index (χ0v) is 12.2. The molecule has 0 atom stereocenters. The fourth-order valence-electron chi connectivity index (χ4n) is 1.40. The molecule has 1 aliphatic rings. The van der Waals surface area contributed by atoms with Crippen LogP contribution in [0.2, 0.25) is 0 Å². The number of nitrogens with zero attached hydrogens (tertiary/aromatic N) is 2. The molecule has 122 valence electrons. The van der Waals surface area contributed by atoms with E-state index in [1.807, 2.05) is 0 Å². The van der Waals surface area contributed by atoms with Gasteiger partial charge in [-0.2, -0.15) is 8.78 Å². The summed E-state index contributed by atoms with van der Waals surface area (Å²) in [7, 11) is -4.09. The third-order valence-electron chi connectivity index (χ3n) is 2.83. The first kappa shape index (κ1) is 16.5. The summed E-state index contributed by atoms with van der Waals surface area (Å²) >= 11 is 0. The maximum atomic E-state index is 12.6. The van der Waals surface area contributed by atoms with Gasteiger partial charge < -0.3 is 9.25 Å². The Kier molecular flexibility index (Phi) is 5.22. The lowest BCUT2D eigenvalue weighted by Crippen LogP contribution is -2.07. The summed E-state index contributed by atoms with van der Waals surface area (Å²) in [5.74, 6) is -2.10. The SMILES string of the molecule is O=S(=O)(CCC(F)=C(F)F)c1ncc(C=NOCC2CC2)o1. The van der Waals surface area contributed by atoms with Crippen molar-refractivity contribution < 1.29 is 30.8 Å². The summed E-state index contributed by atoms with van der Waals surface area (Å²) in [6.45, 7) is 0.482. The Balaban J connectivity index is 1.92. The quantitative estimate of drug-likeness (QED) is 0.538. The van der Waals surface area contributed by atoms with E-state index in [0.29, 0.717) is 12.5 Å². The van der Waals surface area contributed by atoms with Gasteiger partial charge in [-0.3, -0.25) is 0 Å². The van der Waals surface area contributed by atoms with Gasteiger partial charge in [0.2, 0.25) is 9.84 Å². The van der Waals surface area contributed by atoms with Gasteiger partial charge in [0.05, 0.1) is 11.9 Å². The fourth-order valence-corrected chi connectivity index (χ4v) is 2.46. The van der Waals surface area contributed by atoms with Gasteiger partial charge in [-0.25, -0.2) is 17.8 Å². The van der Waals surface area contributed by atoms with Crippen molar-refractivity contribution in [2.75, 3.05) is 12.4 Å². The van der Waals surface area contributed by atoms with Crippen LogP contribution >= 0.6 is 0 Å². The number of allylic oxidation sites excluding steroid dienone is 1. The molecule has 0 saturated heterocycles. The Bertz CT molecular complexity index is 676. The van der Waals surface area contributed by atoms with Gasteiger partial charge in [0.25, 0.3) is 0 Å². The monoisotopic (exact) mass is 338 g/mol. The standard InChI is InChI=1S/C12H13F3N2O4S/c13-10(11(14)15)3-4-22(18,19)12-16-5-9(21-12)6-17-20-7-8-1-2-8/h5-6,8H,1-4,7H2. The average molecular weight is 338 g/mol. The molecule has 1 fully saturated rings. The maximum absolute atomic E-state index is 12.6. The Labute approximate surface area is 124 Å². The fraction of sp³-hybridized carbons (Fsp3) is 0.500. The van der Waals surface area contributed by atoms with Gasteiger partial charge in [0, 0.05) is 6.42 Å². The largest absolute Gasteiger partial charge is 0.427 e. The molecule has 0 unspecified atom stereocenters. The third kappa shape index (κ3) is 4.86. The van der Waals surface area contributed by atoms with Crippen LogP contribution in [-0.4, -0.2) is 32.0 Å². The Morgan fingerprint density at radius 1 is 1.45 bits per heavy atom. The number of aromatic nitrogens is 1. The molecule has 1 aromatic heterocycles. The van der Waals surface area contributed by atoms with Gasteiger partial charge >= 0.3 is 11.3 Å². The van der Waals surface area contributed by atoms with Crippen LogP contribution in [0.4, 0.5) is 13.2 Å². The molecule has 1 heterocycles. The van der Waals surface area contributed by atoms with Crippen molar-refractivity contribution in [3.8, 4) is 0 Å². The minimum atomic E-state index is -4.09. The van der Waals surface area contributed by atoms with E-state index in [-0.39, 0.29) is 5.76 Å². The summed E-state index contributed by atoms with van der Waals surface area (Å²) in [5.41, 5.74) is 0. The van der Waals surface area contributed by atoms with E-state index in [9.17, 15) is 21.6 Å². The summed E-state index contributed by atoms with van der Waals surface area (Å²) in [6.07, 6.45) is 0.967. The Hall–Kier alpha value is -1.84. The molecule has 0 aromatic carbocycles. The molecule has 0 amide bonds. The normalized spacial score (nSPS) is 15.2. The first-order valence-corrected chi connectivity index (χ1v) is 8.07. The second-order valence-electron chi connectivity index (χ2n) is 4.74. The molecule has 1 saturated carbocycles. The predicted molar refractivity (Wildman–Crippen MR) is 69.8 cm³/mol. The number of halogens is 3. The lowest BCUT2D eigenvalue weighted by Gasteiger charge is -1.98. The van der Waals surface area contributed by atoms with Gasteiger partial charge in [0.15, 0.2) is 11.6 Å². The van der Waals surface area contributed by atoms with E-state index >= 15 is 0 Å². The summed E-state index contributed by atoms with van der Waals surface area (Å²) < 4.78 is 64.8. The maximum Gasteiger partial charge on any atom is 0.315 e. The third-order valence-corrected chi connectivity index (χ3v) is 4.29.